The van der Waals surface area contributed by atoms with Crippen LogP contribution in [0.3, 0.4) is 0 Å². The maximum Gasteiger partial charge on any atom is 0.103 e. The largest absolute Gasteiger partial charge is 0.292 e. The van der Waals surface area contributed by atoms with Crippen molar-refractivity contribution in [3.8, 4) is 0 Å². The molecule has 2 nitrogen and oxygen atoms in total. The van der Waals surface area contributed by atoms with Crippen molar-refractivity contribution in [2.75, 3.05) is 14.1 Å². The predicted octanol–water partition coefficient (Wildman–Crippen LogP) is 1.84. The van der Waals surface area contributed by atoms with E-state index in [2.05, 4.69) is 52.0 Å². The third kappa shape index (κ3) is 5.22. The lowest BCUT2D eigenvalue weighted by molar-refractivity contribution is 0.289. The van der Waals surface area contributed by atoms with E-state index in [9.17, 15) is 0 Å². The molecule has 67 valence electrons. The minimum Gasteiger partial charge on any atom is -0.292 e. The molecule has 2 heteroatoms. The number of nitrogens with one attached hydrogen (secondary N) is 1. The van der Waals surface area contributed by atoms with Crippen LogP contribution in [0, 0.1) is 6.17 Å². The molecule has 0 atom stereocenters. The van der Waals surface area contributed by atoms with Gasteiger partial charge in [0.1, 0.15) is 6.17 Å². The zero-order valence-corrected chi connectivity index (χ0v) is 8.65. The van der Waals surface area contributed by atoms with Crippen LogP contribution in [0.4, 0.5) is 0 Å². The van der Waals surface area contributed by atoms with Crippen molar-refractivity contribution < 1.29 is 0 Å². The highest BCUT2D eigenvalue weighted by atomic mass is 15.2. The molecule has 0 aliphatic carbocycles. The first-order valence-corrected chi connectivity index (χ1v) is 4.18. The third-order valence-corrected chi connectivity index (χ3v) is 1.39. The first-order valence-electron chi connectivity index (χ1n) is 4.18. The molecule has 1 radical (unpaired) electrons. The van der Waals surface area contributed by atoms with Crippen LogP contribution in [0.25, 0.3) is 0 Å². The highest BCUT2D eigenvalue weighted by Gasteiger charge is 2.17. The highest BCUT2D eigenvalue weighted by molar-refractivity contribution is 4.88. The van der Waals surface area contributed by atoms with E-state index >= 15 is 0 Å². The second-order valence-electron chi connectivity index (χ2n) is 4.07. The Hall–Kier alpha value is -0.0800. The summed E-state index contributed by atoms with van der Waals surface area (Å²) in [6, 6.07) is 0. The lowest BCUT2D eigenvalue weighted by Gasteiger charge is -2.31. The molecule has 0 amide bonds. The predicted molar refractivity (Wildman–Crippen MR) is 50.1 cm³/mol. The van der Waals surface area contributed by atoms with Crippen molar-refractivity contribution in [1.29, 1.82) is 0 Å². The van der Waals surface area contributed by atoms with Gasteiger partial charge in [-0.1, -0.05) is 6.92 Å². The first kappa shape index (κ1) is 10.9. The molecule has 0 aliphatic rings. The fraction of sp³-hybridized carbons (Fsp3) is 0.889. The second kappa shape index (κ2) is 4.07. The number of rotatable bonds is 3. The summed E-state index contributed by atoms with van der Waals surface area (Å²) >= 11 is 0. The lowest BCUT2D eigenvalue weighted by Crippen LogP contribution is -2.44. The van der Waals surface area contributed by atoms with Crippen LogP contribution in [-0.2, 0) is 0 Å². The average Bonchev–Trinajstić information content (AvgIpc) is 1.80. The smallest absolute Gasteiger partial charge is 0.103 e. The third-order valence-electron chi connectivity index (χ3n) is 1.39. The Morgan fingerprint density at radius 2 is 1.73 bits per heavy atom. The molecule has 0 heterocycles. The highest BCUT2D eigenvalue weighted by Crippen LogP contribution is 2.10. The Labute approximate surface area is 71.0 Å². The Morgan fingerprint density at radius 1 is 1.27 bits per heavy atom. The molecule has 0 aromatic carbocycles. The van der Waals surface area contributed by atoms with Gasteiger partial charge in [-0.25, -0.2) is 0 Å². The van der Waals surface area contributed by atoms with Crippen LogP contribution < -0.4 is 5.32 Å². The van der Waals surface area contributed by atoms with E-state index in [1.807, 2.05) is 0 Å². The molecule has 0 aliphatic heterocycles. The fourth-order valence-corrected chi connectivity index (χ4v) is 0.949. The normalized spacial score (nSPS) is 13.1. The van der Waals surface area contributed by atoms with Gasteiger partial charge in [-0.3, -0.25) is 10.2 Å². The van der Waals surface area contributed by atoms with Crippen molar-refractivity contribution in [2.24, 2.45) is 0 Å². The Bertz CT molecular complexity index is 103. The van der Waals surface area contributed by atoms with Crippen molar-refractivity contribution >= 4 is 0 Å². The second-order valence-corrected chi connectivity index (χ2v) is 4.07. The molecule has 0 bridgehead atoms. The Kier molecular flexibility index (Phi) is 4.04. The fourth-order valence-electron chi connectivity index (χ4n) is 0.949. The Balaban J connectivity index is 3.88. The summed E-state index contributed by atoms with van der Waals surface area (Å²) in [6.07, 6.45) is 2.35. The van der Waals surface area contributed by atoms with Gasteiger partial charge in [-0.15, -0.1) is 0 Å². The zero-order chi connectivity index (χ0) is 9.07. The molecule has 0 rings (SSSR count). The van der Waals surface area contributed by atoms with Crippen LogP contribution in [0.1, 0.15) is 34.1 Å². The molecule has 0 saturated heterocycles. The van der Waals surface area contributed by atoms with Crippen LogP contribution in [0.15, 0.2) is 0 Å². The zero-order valence-electron chi connectivity index (χ0n) is 8.65. The topological polar surface area (TPSA) is 15.3 Å². The van der Waals surface area contributed by atoms with E-state index in [0.717, 1.165) is 6.42 Å². The molecule has 11 heavy (non-hydrogen) atoms. The maximum absolute atomic E-state index is 3.45. The van der Waals surface area contributed by atoms with Gasteiger partial charge < -0.3 is 0 Å². The van der Waals surface area contributed by atoms with Gasteiger partial charge in [0.25, 0.3) is 0 Å². The van der Waals surface area contributed by atoms with E-state index in [1.54, 1.807) is 0 Å². The van der Waals surface area contributed by atoms with Gasteiger partial charge in [0.2, 0.25) is 0 Å². The van der Waals surface area contributed by atoms with E-state index in [-0.39, 0.29) is 5.54 Å². The number of hydrogen-bond acceptors (Lipinski definition) is 2. The van der Waals surface area contributed by atoms with Crippen LogP contribution in [-0.4, -0.2) is 24.5 Å². The molecule has 0 fully saturated rings. The van der Waals surface area contributed by atoms with Crippen LogP contribution >= 0.6 is 0 Å². The molecule has 0 spiro atoms. The standard InChI is InChI=1S/C9H21N2/c1-7-8(11(5)6)10-9(2,3)4/h10H,7H2,1-6H3. The van der Waals surface area contributed by atoms with Crippen LogP contribution in [0.2, 0.25) is 0 Å². The van der Waals surface area contributed by atoms with Gasteiger partial charge >= 0.3 is 0 Å². The van der Waals surface area contributed by atoms with Gasteiger partial charge in [-0.2, -0.15) is 0 Å². The summed E-state index contributed by atoms with van der Waals surface area (Å²) < 4.78 is 0. The SMILES string of the molecule is CC[C](NC(C)(C)C)N(C)C. The van der Waals surface area contributed by atoms with Crippen molar-refractivity contribution in [2.45, 2.75) is 39.7 Å². The van der Waals surface area contributed by atoms with Gasteiger partial charge in [0.05, 0.1) is 0 Å². The summed E-state index contributed by atoms with van der Waals surface area (Å²) in [5, 5.41) is 3.45. The van der Waals surface area contributed by atoms with E-state index in [1.165, 1.54) is 6.17 Å². The summed E-state index contributed by atoms with van der Waals surface area (Å²) in [4.78, 5) is 2.13. The summed E-state index contributed by atoms with van der Waals surface area (Å²) in [5.41, 5.74) is 0.176. The van der Waals surface area contributed by atoms with Gasteiger partial charge in [0, 0.05) is 5.54 Å². The number of hydrogen-bond donors (Lipinski definition) is 1. The van der Waals surface area contributed by atoms with E-state index in [0.29, 0.717) is 0 Å². The average molecular weight is 157 g/mol. The summed E-state index contributed by atoms with van der Waals surface area (Å²) in [5.74, 6) is 0. The number of nitrogens with zero attached hydrogens (tertiary/aromatic N) is 1. The van der Waals surface area contributed by atoms with Crippen molar-refractivity contribution in [3.63, 3.8) is 0 Å². The molecule has 0 aromatic heterocycles. The van der Waals surface area contributed by atoms with Crippen LogP contribution in [0.5, 0.6) is 0 Å². The molecule has 0 aromatic rings. The monoisotopic (exact) mass is 157 g/mol. The molecular weight excluding hydrogens is 136 g/mol. The quantitative estimate of drug-likeness (QED) is 0.672. The molecular formula is C9H21N2. The summed E-state index contributed by atoms with van der Waals surface area (Å²) in [6.45, 7) is 8.68. The lowest BCUT2D eigenvalue weighted by atomic mass is 10.1. The maximum atomic E-state index is 3.45. The Morgan fingerprint density at radius 3 is 1.82 bits per heavy atom. The molecule has 1 N–H and O–H groups in total. The van der Waals surface area contributed by atoms with E-state index in [4.69, 9.17) is 0 Å². The van der Waals surface area contributed by atoms with Gasteiger partial charge in [-0.05, 0) is 41.3 Å². The van der Waals surface area contributed by atoms with Crippen molar-refractivity contribution in [3.05, 3.63) is 6.17 Å². The molecule has 0 saturated carbocycles. The van der Waals surface area contributed by atoms with Gasteiger partial charge in [0.15, 0.2) is 0 Å². The molecule has 0 unspecified atom stereocenters. The van der Waals surface area contributed by atoms with Crippen molar-refractivity contribution in [1.82, 2.24) is 10.2 Å². The minimum atomic E-state index is 0.176. The van der Waals surface area contributed by atoms with E-state index < -0.39 is 0 Å². The first-order chi connectivity index (χ1) is 4.87. The summed E-state index contributed by atoms with van der Waals surface area (Å²) in [7, 11) is 4.13. The minimum absolute atomic E-state index is 0.176.